The van der Waals surface area contributed by atoms with Gasteiger partial charge in [0.05, 0.1) is 13.2 Å². The van der Waals surface area contributed by atoms with Gasteiger partial charge in [-0.15, -0.1) is 0 Å². The topological polar surface area (TPSA) is 111 Å². The molecule has 1 aliphatic heterocycles. The number of hydrogen-bond acceptors (Lipinski definition) is 7. The van der Waals surface area contributed by atoms with Gasteiger partial charge in [0.2, 0.25) is 5.91 Å². The lowest BCUT2D eigenvalue weighted by atomic mass is 9.89. The summed E-state index contributed by atoms with van der Waals surface area (Å²) in [5.74, 6) is -0.666. The second kappa shape index (κ2) is 11.8. The van der Waals surface area contributed by atoms with Gasteiger partial charge in [-0.25, -0.2) is 4.57 Å². The predicted octanol–water partition coefficient (Wildman–Crippen LogP) is 2.65. The number of carbonyl (C=O) groups excluding carboxylic acids is 3. The molecule has 1 aromatic carbocycles. The van der Waals surface area contributed by atoms with Crippen LogP contribution in [0.3, 0.4) is 0 Å². The monoisotopic (exact) mass is 426 g/mol. The third-order valence-electron chi connectivity index (χ3n) is 4.30. The van der Waals surface area contributed by atoms with Gasteiger partial charge < -0.3 is 15.4 Å². The van der Waals surface area contributed by atoms with E-state index in [0.29, 0.717) is 12.2 Å². The van der Waals surface area contributed by atoms with Crippen molar-refractivity contribution in [2.75, 3.05) is 19.0 Å². The molecule has 1 fully saturated rings. The molecule has 1 aliphatic rings. The highest BCUT2D eigenvalue weighted by Crippen LogP contribution is 2.25. The van der Waals surface area contributed by atoms with Gasteiger partial charge in [0.25, 0.3) is 5.24 Å². The second-order valence-corrected chi connectivity index (χ2v) is 7.54. The standard InChI is InChI=1S/C18H23N2O6PS/c1-2-25-16(21)9-8-14(19-17(22)15-11-28-18(23)20-15)13(10-26-27-24)12-6-4-3-5-7-12/h3-7,13-15H,2,8-11H2,1H3,(H,19,22)(H,20,23)/t13?,14?,15-/m0/s1. The molecule has 2 amide bonds. The molecule has 0 aliphatic carbocycles. The molecule has 0 aromatic heterocycles. The zero-order valence-electron chi connectivity index (χ0n) is 15.5. The summed E-state index contributed by atoms with van der Waals surface area (Å²) in [4.78, 5) is 35.8. The van der Waals surface area contributed by atoms with Crippen LogP contribution in [0.2, 0.25) is 0 Å². The molecule has 2 rings (SSSR count). The Kier molecular flexibility index (Phi) is 9.40. The van der Waals surface area contributed by atoms with Crippen molar-refractivity contribution in [3.63, 3.8) is 0 Å². The molecule has 1 saturated heterocycles. The zero-order valence-corrected chi connectivity index (χ0v) is 17.2. The Bertz CT molecular complexity index is 690. The first-order chi connectivity index (χ1) is 13.5. The third-order valence-corrected chi connectivity index (χ3v) is 5.44. The van der Waals surface area contributed by atoms with E-state index in [1.165, 1.54) is 0 Å². The van der Waals surface area contributed by atoms with E-state index in [9.17, 15) is 18.9 Å². The summed E-state index contributed by atoms with van der Waals surface area (Å²) in [6.07, 6.45) is 0.431. The quantitative estimate of drug-likeness (QED) is 0.413. The highest BCUT2D eigenvalue weighted by Gasteiger charge is 2.32. The van der Waals surface area contributed by atoms with Crippen LogP contribution in [0.5, 0.6) is 0 Å². The fourth-order valence-electron chi connectivity index (χ4n) is 2.95. The second-order valence-electron chi connectivity index (χ2n) is 6.14. The SMILES string of the molecule is CCOC(=O)CCC(NC(=O)[C@@H]1CSC(=O)N1)C(COP=O)c1ccccc1. The molecule has 28 heavy (non-hydrogen) atoms. The maximum absolute atomic E-state index is 12.6. The maximum atomic E-state index is 12.6. The molecule has 0 spiro atoms. The van der Waals surface area contributed by atoms with Gasteiger partial charge in [-0.05, 0) is 18.9 Å². The minimum absolute atomic E-state index is 0.0919. The molecule has 0 radical (unpaired) electrons. The van der Waals surface area contributed by atoms with Crippen molar-refractivity contribution >= 4 is 37.6 Å². The summed E-state index contributed by atoms with van der Waals surface area (Å²) < 4.78 is 20.9. The lowest BCUT2D eigenvalue weighted by molar-refractivity contribution is -0.143. The molecule has 10 heteroatoms. The van der Waals surface area contributed by atoms with Gasteiger partial charge >= 0.3 is 14.7 Å². The molecule has 0 bridgehead atoms. The molecule has 2 unspecified atom stereocenters. The molecule has 152 valence electrons. The van der Waals surface area contributed by atoms with Crippen molar-refractivity contribution in [2.24, 2.45) is 0 Å². The summed E-state index contributed by atoms with van der Waals surface area (Å²) in [5.41, 5.74) is 0.880. The predicted molar refractivity (Wildman–Crippen MR) is 105 cm³/mol. The van der Waals surface area contributed by atoms with Crippen LogP contribution in [-0.4, -0.2) is 48.2 Å². The number of amides is 2. The van der Waals surface area contributed by atoms with Crippen LogP contribution in [-0.2, 0) is 23.4 Å². The van der Waals surface area contributed by atoms with E-state index in [0.717, 1.165) is 17.3 Å². The summed E-state index contributed by atoms with van der Waals surface area (Å²) in [7, 11) is -0.463. The summed E-state index contributed by atoms with van der Waals surface area (Å²) in [6, 6.07) is 8.25. The summed E-state index contributed by atoms with van der Waals surface area (Å²) in [6.45, 7) is 2.10. The van der Waals surface area contributed by atoms with Crippen LogP contribution in [0.25, 0.3) is 0 Å². The number of rotatable bonds is 11. The number of ether oxygens (including phenoxy) is 1. The number of carbonyl (C=O) groups is 3. The Morgan fingerprint density at radius 1 is 1.36 bits per heavy atom. The van der Waals surface area contributed by atoms with E-state index in [1.54, 1.807) is 6.92 Å². The first-order valence-corrected chi connectivity index (χ1v) is 10.7. The molecule has 1 heterocycles. The van der Waals surface area contributed by atoms with Gasteiger partial charge in [-0.1, -0.05) is 42.1 Å². The largest absolute Gasteiger partial charge is 0.466 e. The number of benzene rings is 1. The average molecular weight is 426 g/mol. The fourth-order valence-corrected chi connectivity index (χ4v) is 3.95. The van der Waals surface area contributed by atoms with Crippen LogP contribution in [0.1, 0.15) is 31.2 Å². The van der Waals surface area contributed by atoms with Gasteiger partial charge in [0.1, 0.15) is 6.04 Å². The van der Waals surface area contributed by atoms with E-state index >= 15 is 0 Å². The maximum Gasteiger partial charge on any atom is 0.327 e. The van der Waals surface area contributed by atoms with E-state index < -0.39 is 20.8 Å². The molecule has 3 atom stereocenters. The zero-order chi connectivity index (χ0) is 20.4. The van der Waals surface area contributed by atoms with Crippen molar-refractivity contribution in [3.8, 4) is 0 Å². The minimum atomic E-state index is -0.627. The van der Waals surface area contributed by atoms with Crippen LogP contribution >= 0.6 is 20.4 Å². The number of esters is 1. The van der Waals surface area contributed by atoms with Crippen LogP contribution in [0, 0.1) is 0 Å². The van der Waals surface area contributed by atoms with Crippen LogP contribution in [0.15, 0.2) is 30.3 Å². The summed E-state index contributed by atoms with van der Waals surface area (Å²) in [5, 5.41) is 5.29. The van der Waals surface area contributed by atoms with Gasteiger partial charge in [0, 0.05) is 24.1 Å². The molecule has 8 nitrogen and oxygen atoms in total. The van der Waals surface area contributed by atoms with Crippen molar-refractivity contribution in [1.82, 2.24) is 10.6 Å². The van der Waals surface area contributed by atoms with Crippen molar-refractivity contribution in [3.05, 3.63) is 35.9 Å². The molecular weight excluding hydrogens is 403 g/mol. The Labute approximate surface area is 169 Å². The van der Waals surface area contributed by atoms with E-state index in [4.69, 9.17) is 9.26 Å². The van der Waals surface area contributed by atoms with E-state index in [1.807, 2.05) is 30.3 Å². The number of thioether (sulfide) groups is 1. The number of hydrogen-bond donors (Lipinski definition) is 2. The normalized spacial score (nSPS) is 18.3. The van der Waals surface area contributed by atoms with Gasteiger partial charge in [0.15, 0.2) is 0 Å². The smallest absolute Gasteiger partial charge is 0.327 e. The average Bonchev–Trinajstić information content (AvgIpc) is 3.13. The first kappa shape index (κ1) is 22.3. The Balaban J connectivity index is 2.17. The van der Waals surface area contributed by atoms with Crippen molar-refractivity contribution in [1.29, 1.82) is 0 Å². The lowest BCUT2D eigenvalue weighted by Gasteiger charge is -2.28. The van der Waals surface area contributed by atoms with Crippen molar-refractivity contribution < 1.29 is 28.2 Å². The van der Waals surface area contributed by atoms with Crippen LogP contribution in [0.4, 0.5) is 4.79 Å². The highest BCUT2D eigenvalue weighted by molar-refractivity contribution is 8.14. The number of nitrogens with one attached hydrogen (secondary N) is 2. The third kappa shape index (κ3) is 6.89. The first-order valence-electron chi connectivity index (χ1n) is 8.94. The Morgan fingerprint density at radius 2 is 2.11 bits per heavy atom. The van der Waals surface area contributed by atoms with E-state index in [-0.39, 0.29) is 42.7 Å². The Morgan fingerprint density at radius 3 is 2.71 bits per heavy atom. The van der Waals surface area contributed by atoms with Crippen molar-refractivity contribution in [2.45, 2.75) is 37.8 Å². The van der Waals surface area contributed by atoms with Gasteiger partial charge in [-0.2, -0.15) is 0 Å². The summed E-state index contributed by atoms with van der Waals surface area (Å²) >= 11 is 1.05. The lowest BCUT2D eigenvalue weighted by Crippen LogP contribution is -2.49. The van der Waals surface area contributed by atoms with E-state index in [2.05, 4.69) is 10.6 Å². The molecule has 0 saturated carbocycles. The van der Waals surface area contributed by atoms with Crippen LogP contribution < -0.4 is 10.6 Å². The molecular formula is C18H23N2O6PS. The minimum Gasteiger partial charge on any atom is -0.466 e. The molecule has 1 aromatic rings. The highest BCUT2D eigenvalue weighted by atomic mass is 32.2. The van der Waals surface area contributed by atoms with Gasteiger partial charge in [-0.3, -0.25) is 18.9 Å². The molecule has 2 N–H and O–H groups in total. The fraction of sp³-hybridized carbons (Fsp3) is 0.500. The Hall–Kier alpha value is -1.96.